The molecule has 2 amide bonds. The van der Waals surface area contributed by atoms with Gasteiger partial charge in [0, 0.05) is 25.6 Å². The van der Waals surface area contributed by atoms with Gasteiger partial charge in [-0.25, -0.2) is 0 Å². The Hall–Kier alpha value is -2.04. The lowest BCUT2D eigenvalue weighted by atomic mass is 10.0. The summed E-state index contributed by atoms with van der Waals surface area (Å²) in [4.78, 5) is 26.0. The maximum Gasteiger partial charge on any atom is 0.258 e. The SMILES string of the molecule is Cc1ccccc1OCC(=O)NC1CCN(C(=O)CC(C)C)CC1. The summed E-state index contributed by atoms with van der Waals surface area (Å²) in [5, 5.41) is 3.01. The minimum Gasteiger partial charge on any atom is -0.484 e. The second kappa shape index (κ2) is 8.71. The molecular formula is C19H28N2O3. The number of nitrogens with zero attached hydrogens (tertiary/aromatic N) is 1. The van der Waals surface area contributed by atoms with E-state index in [-0.39, 0.29) is 24.5 Å². The van der Waals surface area contributed by atoms with Crippen molar-refractivity contribution >= 4 is 11.8 Å². The number of para-hydroxylation sites is 1. The molecule has 0 saturated carbocycles. The second-order valence-electron chi connectivity index (χ2n) is 6.87. The van der Waals surface area contributed by atoms with Crippen molar-refractivity contribution < 1.29 is 14.3 Å². The summed E-state index contributed by atoms with van der Waals surface area (Å²) in [5.41, 5.74) is 1.02. The molecule has 0 aromatic heterocycles. The number of hydrogen-bond donors (Lipinski definition) is 1. The van der Waals surface area contributed by atoms with Crippen LogP contribution < -0.4 is 10.1 Å². The largest absolute Gasteiger partial charge is 0.484 e. The maximum atomic E-state index is 12.0. The zero-order valence-electron chi connectivity index (χ0n) is 14.9. The van der Waals surface area contributed by atoms with Crippen molar-refractivity contribution in [2.24, 2.45) is 5.92 Å². The minimum atomic E-state index is -0.106. The van der Waals surface area contributed by atoms with Gasteiger partial charge in [-0.2, -0.15) is 0 Å². The average molecular weight is 332 g/mol. The van der Waals surface area contributed by atoms with Crippen LogP contribution in [0.25, 0.3) is 0 Å². The summed E-state index contributed by atoms with van der Waals surface area (Å²) in [6.07, 6.45) is 2.21. The second-order valence-corrected chi connectivity index (χ2v) is 6.87. The van der Waals surface area contributed by atoms with Crippen molar-refractivity contribution in [2.75, 3.05) is 19.7 Å². The number of hydrogen-bond acceptors (Lipinski definition) is 3. The fourth-order valence-corrected chi connectivity index (χ4v) is 2.88. The summed E-state index contributed by atoms with van der Waals surface area (Å²) >= 11 is 0. The van der Waals surface area contributed by atoms with Crippen molar-refractivity contribution in [3.63, 3.8) is 0 Å². The number of benzene rings is 1. The van der Waals surface area contributed by atoms with Crippen LogP contribution in [0.1, 0.15) is 38.7 Å². The highest BCUT2D eigenvalue weighted by Gasteiger charge is 2.24. The van der Waals surface area contributed by atoms with Gasteiger partial charge < -0.3 is 15.0 Å². The number of piperidine rings is 1. The maximum absolute atomic E-state index is 12.0. The molecule has 2 rings (SSSR count). The van der Waals surface area contributed by atoms with E-state index >= 15 is 0 Å². The van der Waals surface area contributed by atoms with Crippen LogP contribution in [-0.2, 0) is 9.59 Å². The first-order valence-electron chi connectivity index (χ1n) is 8.71. The van der Waals surface area contributed by atoms with Crippen LogP contribution in [0.15, 0.2) is 24.3 Å². The molecule has 5 heteroatoms. The number of rotatable bonds is 6. The molecule has 1 heterocycles. The molecule has 1 aliphatic heterocycles. The van der Waals surface area contributed by atoms with E-state index in [1.165, 1.54) is 0 Å². The van der Waals surface area contributed by atoms with Crippen LogP contribution in [0.4, 0.5) is 0 Å². The van der Waals surface area contributed by atoms with Crippen LogP contribution in [-0.4, -0.2) is 42.5 Å². The molecule has 1 fully saturated rings. The molecule has 24 heavy (non-hydrogen) atoms. The van der Waals surface area contributed by atoms with Gasteiger partial charge in [-0.1, -0.05) is 32.0 Å². The lowest BCUT2D eigenvalue weighted by Crippen LogP contribution is -2.47. The Morgan fingerprint density at radius 1 is 1.25 bits per heavy atom. The monoisotopic (exact) mass is 332 g/mol. The van der Waals surface area contributed by atoms with Gasteiger partial charge in [0.05, 0.1) is 0 Å². The molecule has 1 aromatic rings. The van der Waals surface area contributed by atoms with Crippen molar-refractivity contribution in [3.8, 4) is 5.75 Å². The Bertz CT molecular complexity index is 563. The lowest BCUT2D eigenvalue weighted by molar-refractivity contribution is -0.133. The first kappa shape index (κ1) is 18.3. The predicted molar refractivity (Wildman–Crippen MR) is 93.9 cm³/mol. The number of carbonyl (C=O) groups is 2. The zero-order valence-corrected chi connectivity index (χ0v) is 14.9. The summed E-state index contributed by atoms with van der Waals surface area (Å²) in [7, 11) is 0. The lowest BCUT2D eigenvalue weighted by Gasteiger charge is -2.32. The molecule has 0 spiro atoms. The number of amides is 2. The van der Waals surface area contributed by atoms with E-state index in [2.05, 4.69) is 19.2 Å². The number of nitrogens with one attached hydrogen (secondary N) is 1. The topological polar surface area (TPSA) is 58.6 Å². The molecule has 0 unspecified atom stereocenters. The van der Waals surface area contributed by atoms with Crippen molar-refractivity contribution in [3.05, 3.63) is 29.8 Å². The van der Waals surface area contributed by atoms with Gasteiger partial charge in [0.15, 0.2) is 6.61 Å². The van der Waals surface area contributed by atoms with Crippen molar-refractivity contribution in [1.29, 1.82) is 0 Å². The Balaban J connectivity index is 1.70. The average Bonchev–Trinajstić information content (AvgIpc) is 2.54. The zero-order chi connectivity index (χ0) is 17.5. The van der Waals surface area contributed by atoms with E-state index in [1.807, 2.05) is 36.1 Å². The van der Waals surface area contributed by atoms with Crippen LogP contribution in [0, 0.1) is 12.8 Å². The van der Waals surface area contributed by atoms with Crippen LogP contribution in [0.5, 0.6) is 5.75 Å². The molecule has 5 nitrogen and oxygen atoms in total. The van der Waals surface area contributed by atoms with E-state index in [4.69, 9.17) is 4.74 Å². The molecule has 132 valence electrons. The smallest absolute Gasteiger partial charge is 0.258 e. The van der Waals surface area contributed by atoms with E-state index in [0.717, 1.165) is 37.2 Å². The number of aryl methyl sites for hydroxylation is 1. The summed E-state index contributed by atoms with van der Waals surface area (Å²) in [6, 6.07) is 7.78. The van der Waals surface area contributed by atoms with Crippen LogP contribution >= 0.6 is 0 Å². The van der Waals surface area contributed by atoms with Gasteiger partial charge in [0.1, 0.15) is 5.75 Å². The number of likely N-dealkylation sites (tertiary alicyclic amines) is 1. The third-order valence-corrected chi connectivity index (χ3v) is 4.25. The number of carbonyl (C=O) groups excluding carboxylic acids is 2. The molecule has 1 aromatic carbocycles. The van der Waals surface area contributed by atoms with E-state index < -0.39 is 0 Å². The molecule has 1 aliphatic rings. The first-order valence-corrected chi connectivity index (χ1v) is 8.71. The van der Waals surface area contributed by atoms with E-state index in [1.54, 1.807) is 0 Å². The Kier molecular flexibility index (Phi) is 6.64. The van der Waals surface area contributed by atoms with E-state index in [9.17, 15) is 9.59 Å². The van der Waals surface area contributed by atoms with Crippen molar-refractivity contribution in [2.45, 2.75) is 46.1 Å². The molecule has 0 atom stereocenters. The van der Waals surface area contributed by atoms with Crippen molar-refractivity contribution in [1.82, 2.24) is 10.2 Å². The minimum absolute atomic E-state index is 0.0251. The summed E-state index contributed by atoms with van der Waals surface area (Å²) in [5.74, 6) is 1.23. The van der Waals surface area contributed by atoms with Gasteiger partial charge in [-0.3, -0.25) is 9.59 Å². The van der Waals surface area contributed by atoms with Crippen LogP contribution in [0.3, 0.4) is 0 Å². The molecule has 0 radical (unpaired) electrons. The normalized spacial score (nSPS) is 15.4. The number of ether oxygens (including phenoxy) is 1. The van der Waals surface area contributed by atoms with Gasteiger partial charge in [0.25, 0.3) is 5.91 Å². The fourth-order valence-electron chi connectivity index (χ4n) is 2.88. The third-order valence-electron chi connectivity index (χ3n) is 4.25. The Labute approximate surface area is 144 Å². The Morgan fingerprint density at radius 3 is 2.54 bits per heavy atom. The summed E-state index contributed by atoms with van der Waals surface area (Å²) in [6.45, 7) is 7.53. The molecular weight excluding hydrogens is 304 g/mol. The standard InChI is InChI=1S/C19H28N2O3/c1-14(2)12-19(23)21-10-8-16(9-11-21)20-18(22)13-24-17-7-5-4-6-15(17)3/h4-7,14,16H,8-13H2,1-3H3,(H,20,22). The van der Waals surface area contributed by atoms with Gasteiger partial charge in [-0.05, 0) is 37.3 Å². The predicted octanol–water partition coefficient (Wildman–Crippen LogP) is 2.53. The van der Waals surface area contributed by atoms with E-state index in [0.29, 0.717) is 12.3 Å². The highest BCUT2D eigenvalue weighted by Crippen LogP contribution is 2.16. The highest BCUT2D eigenvalue weighted by molar-refractivity contribution is 5.78. The Morgan fingerprint density at radius 2 is 1.92 bits per heavy atom. The third kappa shape index (κ3) is 5.55. The molecule has 0 bridgehead atoms. The highest BCUT2D eigenvalue weighted by atomic mass is 16.5. The molecule has 0 aliphatic carbocycles. The first-order chi connectivity index (χ1) is 11.5. The van der Waals surface area contributed by atoms with Gasteiger partial charge >= 0.3 is 0 Å². The van der Waals surface area contributed by atoms with Gasteiger partial charge in [-0.15, -0.1) is 0 Å². The molecule has 1 N–H and O–H groups in total. The summed E-state index contributed by atoms with van der Waals surface area (Å²) < 4.78 is 5.57. The van der Waals surface area contributed by atoms with Gasteiger partial charge in [0.2, 0.25) is 5.91 Å². The molecule has 1 saturated heterocycles. The quantitative estimate of drug-likeness (QED) is 0.871. The fraction of sp³-hybridized carbons (Fsp3) is 0.579. The van der Waals surface area contributed by atoms with Crippen LogP contribution in [0.2, 0.25) is 0 Å².